The van der Waals surface area contributed by atoms with Crippen molar-refractivity contribution >= 4 is 11.9 Å². The van der Waals surface area contributed by atoms with Crippen LogP contribution in [0.5, 0.6) is 0 Å². The number of ether oxygens (including phenoxy) is 2. The van der Waals surface area contributed by atoms with E-state index in [1.165, 1.54) is 173 Å². The van der Waals surface area contributed by atoms with Crippen LogP contribution in [-0.4, -0.2) is 60.4 Å². The summed E-state index contributed by atoms with van der Waals surface area (Å²) in [5.74, 6) is 0.0340. The largest absolute Gasteiger partial charge is 0.462 e. The summed E-state index contributed by atoms with van der Waals surface area (Å²) in [5.41, 5.74) is 0. The summed E-state index contributed by atoms with van der Waals surface area (Å²) >= 11 is 0. The summed E-state index contributed by atoms with van der Waals surface area (Å²) in [7, 11) is 0. The number of rotatable bonds is 49. The van der Waals surface area contributed by atoms with E-state index in [4.69, 9.17) is 9.47 Å². The van der Waals surface area contributed by atoms with Crippen molar-refractivity contribution in [1.82, 2.24) is 4.90 Å². The van der Waals surface area contributed by atoms with E-state index < -0.39 is 0 Å². The van der Waals surface area contributed by atoms with E-state index in [2.05, 4.69) is 32.6 Å². The number of unbranched alkanes of at least 4 members (excludes halogenated alkanes) is 29. The summed E-state index contributed by atoms with van der Waals surface area (Å²) < 4.78 is 12.1. The Hall–Kier alpha value is -1.14. The van der Waals surface area contributed by atoms with Gasteiger partial charge in [0, 0.05) is 19.4 Å². The van der Waals surface area contributed by atoms with Crippen molar-refractivity contribution in [2.75, 3.05) is 26.2 Å². The molecular weight excluding hydrogens is 731 g/mol. The number of esters is 2. The van der Waals surface area contributed by atoms with Gasteiger partial charge < -0.3 is 19.5 Å². The van der Waals surface area contributed by atoms with Gasteiger partial charge in [-0.15, -0.1) is 0 Å². The third-order valence-electron chi connectivity index (χ3n) is 12.5. The molecule has 0 radical (unpaired) electrons. The Bertz CT molecular complexity index is 836. The molecule has 0 saturated carbocycles. The van der Waals surface area contributed by atoms with Crippen LogP contribution in [0.25, 0.3) is 0 Å². The first-order chi connectivity index (χ1) is 29.0. The molecule has 0 saturated heterocycles. The number of hydrogen-bond acceptors (Lipinski definition) is 6. The number of carbonyl (C=O) groups excluding carboxylic acids is 2. The third kappa shape index (κ3) is 43.3. The molecule has 0 heterocycles. The maximum absolute atomic E-state index is 12.8. The predicted octanol–water partition coefficient (Wildman–Crippen LogP) is 16.2. The topological polar surface area (TPSA) is 76.1 Å². The first kappa shape index (κ1) is 57.9. The summed E-state index contributed by atoms with van der Waals surface area (Å²) in [6, 6.07) is 0. The molecule has 59 heavy (non-hydrogen) atoms. The molecule has 0 aliphatic carbocycles. The van der Waals surface area contributed by atoms with Crippen LogP contribution in [-0.2, 0) is 19.1 Å². The minimum absolute atomic E-state index is 0.0162. The lowest BCUT2D eigenvalue weighted by Gasteiger charge is -2.21. The van der Waals surface area contributed by atoms with Crippen LogP contribution in [0.1, 0.15) is 291 Å². The molecule has 0 bridgehead atoms. The van der Waals surface area contributed by atoms with Gasteiger partial charge in [-0.3, -0.25) is 9.59 Å². The Balaban J connectivity index is 4.22. The van der Waals surface area contributed by atoms with Gasteiger partial charge in [0.1, 0.15) is 12.2 Å². The van der Waals surface area contributed by atoms with Crippen molar-refractivity contribution < 1.29 is 24.2 Å². The van der Waals surface area contributed by atoms with Crippen molar-refractivity contribution in [3.05, 3.63) is 0 Å². The van der Waals surface area contributed by atoms with Gasteiger partial charge in [-0.25, -0.2) is 0 Å². The van der Waals surface area contributed by atoms with E-state index in [1.54, 1.807) is 0 Å². The van der Waals surface area contributed by atoms with E-state index in [9.17, 15) is 14.7 Å². The predicted molar refractivity (Wildman–Crippen MR) is 255 cm³/mol. The first-order valence-electron chi connectivity index (χ1n) is 26.7. The van der Waals surface area contributed by atoms with Gasteiger partial charge in [-0.05, 0) is 90.1 Å². The molecule has 0 aliphatic rings. The quantitative estimate of drug-likeness (QED) is 0.0486. The van der Waals surface area contributed by atoms with E-state index in [0.29, 0.717) is 12.8 Å². The number of nitrogens with zero attached hydrogens (tertiary/aromatic N) is 1. The molecule has 0 aromatic rings. The summed E-state index contributed by atoms with van der Waals surface area (Å²) in [4.78, 5) is 28.0. The van der Waals surface area contributed by atoms with Crippen LogP contribution in [0.2, 0.25) is 0 Å². The molecule has 0 aliphatic heterocycles. The molecule has 0 aromatic heterocycles. The van der Waals surface area contributed by atoms with E-state index in [1.807, 2.05) is 0 Å². The highest BCUT2D eigenvalue weighted by Gasteiger charge is 2.16. The van der Waals surface area contributed by atoms with Crippen LogP contribution in [0.3, 0.4) is 0 Å². The molecular formula is C53H105NO5. The summed E-state index contributed by atoms with van der Waals surface area (Å²) in [6.07, 6.45) is 48.7. The molecule has 0 aromatic carbocycles. The fraction of sp³-hybridized carbons (Fsp3) is 0.962. The number of aliphatic hydroxyl groups is 1. The van der Waals surface area contributed by atoms with Gasteiger partial charge in [0.15, 0.2) is 0 Å². The average molecular weight is 836 g/mol. The molecule has 6 nitrogen and oxygen atoms in total. The fourth-order valence-electron chi connectivity index (χ4n) is 8.55. The maximum Gasteiger partial charge on any atom is 0.306 e. The third-order valence-corrected chi connectivity index (χ3v) is 12.5. The minimum Gasteiger partial charge on any atom is -0.462 e. The zero-order chi connectivity index (χ0) is 43.1. The van der Waals surface area contributed by atoms with Crippen molar-refractivity contribution in [3.63, 3.8) is 0 Å². The van der Waals surface area contributed by atoms with E-state index in [-0.39, 0.29) is 30.8 Å². The maximum atomic E-state index is 12.8. The van der Waals surface area contributed by atoms with Crippen molar-refractivity contribution in [2.45, 2.75) is 303 Å². The van der Waals surface area contributed by atoms with Gasteiger partial charge in [0.05, 0.1) is 6.61 Å². The van der Waals surface area contributed by atoms with Crippen LogP contribution in [0, 0.1) is 0 Å². The lowest BCUT2D eigenvalue weighted by Crippen LogP contribution is -2.29. The van der Waals surface area contributed by atoms with Gasteiger partial charge in [0.25, 0.3) is 0 Å². The highest BCUT2D eigenvalue weighted by atomic mass is 16.5. The molecule has 6 heteroatoms. The van der Waals surface area contributed by atoms with Crippen molar-refractivity contribution in [3.8, 4) is 0 Å². The van der Waals surface area contributed by atoms with Gasteiger partial charge >= 0.3 is 11.9 Å². The second kappa shape index (κ2) is 47.9. The molecule has 0 amide bonds. The van der Waals surface area contributed by atoms with Crippen LogP contribution < -0.4 is 0 Å². The van der Waals surface area contributed by atoms with Crippen LogP contribution >= 0.6 is 0 Å². The Morgan fingerprint density at radius 3 is 0.898 bits per heavy atom. The standard InChI is InChI=1S/C53H105NO5/c1-5-9-13-17-21-27-35-43-51(42-34-26-20-16-12-8-4)59-53(57)45-37-29-23-31-39-47-54(48-49-55)46-38-30-22-28-36-44-52(56)58-50(40-32-24-18-14-10-6-2)41-33-25-19-15-11-7-3/h50-51,55H,5-49H2,1-4H3. The Morgan fingerprint density at radius 2 is 0.610 bits per heavy atom. The monoisotopic (exact) mass is 836 g/mol. The SMILES string of the molecule is CCCCCCCCCC(CCCCCCCC)OC(=O)CCCCCCCN(CCO)CCCCCCCC(=O)OC(CCCCCCCC)CCCCCCCC. The molecule has 1 N–H and O–H groups in total. The normalized spacial score (nSPS) is 12.2. The zero-order valence-electron chi connectivity index (χ0n) is 40.5. The smallest absolute Gasteiger partial charge is 0.306 e. The Kier molecular flexibility index (Phi) is 47.0. The Labute approximate surface area is 369 Å². The Morgan fingerprint density at radius 1 is 0.356 bits per heavy atom. The van der Waals surface area contributed by atoms with E-state index in [0.717, 1.165) is 96.7 Å². The molecule has 0 fully saturated rings. The summed E-state index contributed by atoms with van der Waals surface area (Å²) in [5, 5.41) is 9.66. The lowest BCUT2D eigenvalue weighted by molar-refractivity contribution is -0.151. The molecule has 352 valence electrons. The highest BCUT2D eigenvalue weighted by Crippen LogP contribution is 2.20. The lowest BCUT2D eigenvalue weighted by atomic mass is 10.0. The highest BCUT2D eigenvalue weighted by molar-refractivity contribution is 5.69. The minimum atomic E-state index is 0.0162. The van der Waals surface area contributed by atoms with Gasteiger partial charge in [0.2, 0.25) is 0 Å². The van der Waals surface area contributed by atoms with Crippen molar-refractivity contribution in [1.29, 1.82) is 0 Å². The van der Waals surface area contributed by atoms with Crippen LogP contribution in [0.4, 0.5) is 0 Å². The molecule has 0 spiro atoms. The van der Waals surface area contributed by atoms with Crippen molar-refractivity contribution in [2.24, 2.45) is 0 Å². The van der Waals surface area contributed by atoms with Gasteiger partial charge in [-0.2, -0.15) is 0 Å². The van der Waals surface area contributed by atoms with E-state index >= 15 is 0 Å². The molecule has 0 rings (SSSR count). The number of hydrogen-bond donors (Lipinski definition) is 1. The first-order valence-corrected chi connectivity index (χ1v) is 26.7. The number of aliphatic hydroxyl groups excluding tert-OH is 1. The summed E-state index contributed by atoms with van der Waals surface area (Å²) in [6.45, 7) is 12.1. The van der Waals surface area contributed by atoms with Gasteiger partial charge in [-0.1, -0.05) is 201 Å². The second-order valence-electron chi connectivity index (χ2n) is 18.4. The molecule has 1 atom stereocenters. The average Bonchev–Trinajstić information content (AvgIpc) is 3.23. The molecule has 1 unspecified atom stereocenters. The number of carbonyl (C=O) groups is 2. The fourth-order valence-corrected chi connectivity index (χ4v) is 8.55. The zero-order valence-corrected chi connectivity index (χ0v) is 40.5. The second-order valence-corrected chi connectivity index (χ2v) is 18.4. The van der Waals surface area contributed by atoms with Crippen LogP contribution in [0.15, 0.2) is 0 Å².